The minimum atomic E-state index is -1.54. The van der Waals surface area contributed by atoms with Gasteiger partial charge in [0.15, 0.2) is 0 Å². The van der Waals surface area contributed by atoms with Crippen LogP contribution in [0.3, 0.4) is 0 Å². The molecule has 0 radical (unpaired) electrons. The molecule has 0 aliphatic rings. The quantitative estimate of drug-likeness (QED) is 0.324. The van der Waals surface area contributed by atoms with Crippen LogP contribution in [-0.2, 0) is 26.6 Å². The second-order valence-corrected chi connectivity index (χ2v) is 7.44. The highest BCUT2D eigenvalue weighted by Gasteiger charge is 2.43. The lowest BCUT2D eigenvalue weighted by atomic mass is 10.00. The summed E-state index contributed by atoms with van der Waals surface area (Å²) in [4.78, 5) is 25.3. The van der Waals surface area contributed by atoms with Gasteiger partial charge in [-0.15, -0.1) is 0 Å². The number of hydrogen-bond acceptors (Lipinski definition) is 4. The number of allylic oxidation sites excluding steroid dienone is 2. The van der Waals surface area contributed by atoms with Gasteiger partial charge in [0.05, 0.1) is 0 Å². The highest BCUT2D eigenvalue weighted by molar-refractivity contribution is 5.79. The number of carboxylic acid groups (broad SMARTS) is 1. The molecule has 0 aliphatic carbocycles. The summed E-state index contributed by atoms with van der Waals surface area (Å²) in [6, 6.07) is 7.07. The second-order valence-electron chi connectivity index (χ2n) is 7.44. The summed E-state index contributed by atoms with van der Waals surface area (Å²) < 4.78 is 5.32. The van der Waals surface area contributed by atoms with Crippen LogP contribution in [0.1, 0.15) is 50.7 Å². The van der Waals surface area contributed by atoms with Crippen molar-refractivity contribution in [2.45, 2.75) is 51.8 Å². The summed E-state index contributed by atoms with van der Waals surface area (Å²) >= 11 is 0. The summed E-state index contributed by atoms with van der Waals surface area (Å²) in [7, 11) is 4.69. The lowest BCUT2D eigenvalue weighted by Crippen LogP contribution is -2.49. The second kappa shape index (κ2) is 11.6. The van der Waals surface area contributed by atoms with Gasteiger partial charge in [-0.2, -0.15) is 0 Å². The van der Waals surface area contributed by atoms with E-state index in [1.54, 1.807) is 26.2 Å². The van der Waals surface area contributed by atoms with Crippen molar-refractivity contribution in [3.8, 4) is 0 Å². The van der Waals surface area contributed by atoms with Gasteiger partial charge in [0, 0.05) is 25.6 Å². The van der Waals surface area contributed by atoms with E-state index in [-0.39, 0.29) is 5.91 Å². The van der Waals surface area contributed by atoms with E-state index in [0.29, 0.717) is 24.4 Å². The summed E-state index contributed by atoms with van der Waals surface area (Å²) in [5, 5.41) is 12.5. The number of carbonyl (C=O) groups excluding carboxylic acids is 1. The molecular formula is C22H34N2O4. The van der Waals surface area contributed by atoms with Crippen LogP contribution in [0.4, 0.5) is 0 Å². The molecule has 6 heteroatoms. The fourth-order valence-electron chi connectivity index (χ4n) is 3.01. The molecule has 0 spiro atoms. The fraction of sp³-hybridized carbons (Fsp3) is 0.545. The van der Waals surface area contributed by atoms with E-state index in [9.17, 15) is 14.7 Å². The zero-order valence-corrected chi connectivity index (χ0v) is 17.7. The molecule has 0 fully saturated rings. The lowest BCUT2D eigenvalue weighted by molar-refractivity contribution is -0.187. The highest BCUT2D eigenvalue weighted by Crippen LogP contribution is 2.28. The Kier molecular flexibility index (Phi) is 9.90. The molecular weight excluding hydrogens is 356 g/mol. The van der Waals surface area contributed by atoms with E-state index in [1.165, 1.54) is 12.0 Å². The van der Waals surface area contributed by atoms with Gasteiger partial charge in [-0.1, -0.05) is 50.3 Å². The Bertz CT molecular complexity index is 653. The molecule has 28 heavy (non-hydrogen) atoms. The maximum absolute atomic E-state index is 12.0. The average molecular weight is 391 g/mol. The zero-order chi connectivity index (χ0) is 21.2. The lowest BCUT2D eigenvalue weighted by Gasteiger charge is -2.34. The van der Waals surface area contributed by atoms with Gasteiger partial charge in [-0.05, 0) is 44.8 Å². The number of likely N-dealkylation sites (N-methyl/N-ethyl adjacent to an activating group) is 1. The third-order valence-corrected chi connectivity index (χ3v) is 4.60. The maximum atomic E-state index is 12.0. The normalized spacial score (nSPS) is 13.8. The SMILES string of the molecule is COC(C(=O)O)(c1ccc(CNC(=O)CCCCC=CC(C)C)cc1)N(C)C. The van der Waals surface area contributed by atoms with E-state index in [1.807, 2.05) is 12.1 Å². The van der Waals surface area contributed by atoms with Crippen LogP contribution in [0, 0.1) is 5.92 Å². The molecule has 0 aromatic heterocycles. The Labute approximate surface area is 168 Å². The molecule has 1 amide bonds. The number of ether oxygens (including phenoxy) is 1. The Morgan fingerprint density at radius 2 is 1.86 bits per heavy atom. The van der Waals surface area contributed by atoms with Crippen molar-refractivity contribution in [1.82, 2.24) is 10.2 Å². The van der Waals surface area contributed by atoms with Crippen molar-refractivity contribution in [2.75, 3.05) is 21.2 Å². The van der Waals surface area contributed by atoms with Crippen molar-refractivity contribution in [3.63, 3.8) is 0 Å². The van der Waals surface area contributed by atoms with Crippen LogP contribution in [0.5, 0.6) is 0 Å². The topological polar surface area (TPSA) is 78.9 Å². The molecule has 2 N–H and O–H groups in total. The largest absolute Gasteiger partial charge is 0.478 e. The first kappa shape index (κ1) is 23.9. The number of carbonyl (C=O) groups is 2. The number of aliphatic carboxylic acids is 1. The van der Waals surface area contributed by atoms with Crippen LogP contribution >= 0.6 is 0 Å². The molecule has 156 valence electrons. The average Bonchev–Trinajstić information content (AvgIpc) is 2.64. The third kappa shape index (κ3) is 6.77. The zero-order valence-electron chi connectivity index (χ0n) is 17.7. The predicted molar refractivity (Wildman–Crippen MR) is 111 cm³/mol. The van der Waals surface area contributed by atoms with Gasteiger partial charge in [0.1, 0.15) is 0 Å². The third-order valence-electron chi connectivity index (χ3n) is 4.60. The van der Waals surface area contributed by atoms with E-state index < -0.39 is 11.7 Å². The number of benzene rings is 1. The molecule has 1 aromatic rings. The summed E-state index contributed by atoms with van der Waals surface area (Å²) in [6.45, 7) is 4.71. The number of methoxy groups -OCH3 is 1. The van der Waals surface area contributed by atoms with E-state index in [2.05, 4.69) is 31.3 Å². The Morgan fingerprint density at radius 1 is 1.21 bits per heavy atom. The highest BCUT2D eigenvalue weighted by atomic mass is 16.5. The van der Waals surface area contributed by atoms with Crippen molar-refractivity contribution in [1.29, 1.82) is 0 Å². The smallest absolute Gasteiger partial charge is 0.356 e. The number of amides is 1. The van der Waals surface area contributed by atoms with Crippen molar-refractivity contribution < 1.29 is 19.4 Å². The maximum Gasteiger partial charge on any atom is 0.356 e. The summed E-state index contributed by atoms with van der Waals surface area (Å²) in [5.74, 6) is -0.483. The Morgan fingerprint density at radius 3 is 2.36 bits per heavy atom. The number of nitrogens with one attached hydrogen (secondary N) is 1. The molecule has 1 aromatic carbocycles. The summed E-state index contributed by atoms with van der Waals surface area (Å²) in [6.07, 6.45) is 7.75. The first-order valence-corrected chi connectivity index (χ1v) is 9.72. The van der Waals surface area contributed by atoms with Gasteiger partial charge in [-0.25, -0.2) is 4.79 Å². The first-order valence-electron chi connectivity index (χ1n) is 9.72. The van der Waals surface area contributed by atoms with Gasteiger partial charge in [0.2, 0.25) is 11.6 Å². The number of rotatable bonds is 12. The number of hydrogen-bond donors (Lipinski definition) is 2. The molecule has 0 heterocycles. The van der Waals surface area contributed by atoms with Gasteiger partial charge < -0.3 is 15.2 Å². The molecule has 1 rings (SSSR count). The molecule has 0 aliphatic heterocycles. The van der Waals surface area contributed by atoms with Gasteiger partial charge in [0.25, 0.3) is 0 Å². The van der Waals surface area contributed by atoms with Crippen LogP contribution in [-0.4, -0.2) is 43.1 Å². The van der Waals surface area contributed by atoms with Crippen LogP contribution in [0.15, 0.2) is 36.4 Å². The fourth-order valence-corrected chi connectivity index (χ4v) is 3.01. The molecule has 1 atom stereocenters. The Hall–Kier alpha value is -2.18. The molecule has 0 saturated carbocycles. The number of carboxylic acids is 1. The molecule has 0 bridgehead atoms. The monoisotopic (exact) mass is 390 g/mol. The minimum Gasteiger partial charge on any atom is -0.478 e. The number of nitrogens with zero attached hydrogens (tertiary/aromatic N) is 1. The van der Waals surface area contributed by atoms with E-state index in [4.69, 9.17) is 4.74 Å². The van der Waals surface area contributed by atoms with Crippen LogP contribution in [0.2, 0.25) is 0 Å². The minimum absolute atomic E-state index is 0.0296. The van der Waals surface area contributed by atoms with Gasteiger partial charge >= 0.3 is 5.97 Å². The standard InChI is InChI=1S/C22H34N2O4/c1-17(2)10-8-6-7-9-11-20(25)23-16-18-12-14-19(15-13-18)22(28-5,21(26)27)24(3)4/h8,10,12-15,17H,6-7,9,11,16H2,1-5H3,(H,23,25)(H,26,27). The van der Waals surface area contributed by atoms with E-state index >= 15 is 0 Å². The first-order chi connectivity index (χ1) is 13.2. The van der Waals surface area contributed by atoms with Crippen LogP contribution < -0.4 is 5.32 Å². The van der Waals surface area contributed by atoms with Crippen molar-refractivity contribution in [3.05, 3.63) is 47.5 Å². The Balaban J connectivity index is 2.52. The number of unbranched alkanes of at least 4 members (excludes halogenated alkanes) is 2. The van der Waals surface area contributed by atoms with Crippen molar-refractivity contribution in [2.24, 2.45) is 5.92 Å². The van der Waals surface area contributed by atoms with Crippen molar-refractivity contribution >= 4 is 11.9 Å². The molecule has 1 unspecified atom stereocenters. The summed E-state index contributed by atoms with van der Waals surface area (Å²) in [5.41, 5.74) is -0.102. The van der Waals surface area contributed by atoms with Crippen LogP contribution in [0.25, 0.3) is 0 Å². The van der Waals surface area contributed by atoms with E-state index in [0.717, 1.165) is 24.8 Å². The molecule has 6 nitrogen and oxygen atoms in total. The predicted octanol–water partition coefficient (Wildman–Crippen LogP) is 3.52. The molecule has 0 saturated heterocycles. The van der Waals surface area contributed by atoms with Gasteiger partial charge in [-0.3, -0.25) is 9.69 Å².